The number of halogens is 1. The van der Waals surface area contributed by atoms with Crippen molar-refractivity contribution in [3.63, 3.8) is 0 Å². The molecule has 1 amide bonds. The molecule has 1 rings (SSSR count). The van der Waals surface area contributed by atoms with E-state index in [0.717, 1.165) is 5.56 Å². The number of esters is 1. The van der Waals surface area contributed by atoms with Gasteiger partial charge >= 0.3 is 11.9 Å². The number of carbonyl (C=O) groups is 2. The third-order valence-electron chi connectivity index (χ3n) is 2.07. The minimum absolute atomic E-state index is 0.171. The second kappa shape index (κ2) is 6.62. The molecule has 0 saturated carbocycles. The molecule has 0 radical (unpaired) electrons. The van der Waals surface area contributed by atoms with E-state index in [0.29, 0.717) is 13.0 Å². The molecule has 0 aliphatic carbocycles. The summed E-state index contributed by atoms with van der Waals surface area (Å²) in [6.07, 6.45) is 0.533. The van der Waals surface area contributed by atoms with Crippen molar-refractivity contribution in [3.05, 3.63) is 35.6 Å². The number of benzene rings is 1. The molecule has 0 aliphatic rings. The predicted molar refractivity (Wildman–Crippen MR) is 59.7 cm³/mol. The fourth-order valence-corrected chi connectivity index (χ4v) is 1.24. The molecular formula is C12H14FNO3. The topological polar surface area (TPSA) is 55.4 Å². The summed E-state index contributed by atoms with van der Waals surface area (Å²) in [5.41, 5.74) is 0.885. The van der Waals surface area contributed by atoms with Gasteiger partial charge in [-0.15, -0.1) is 0 Å². The van der Waals surface area contributed by atoms with Gasteiger partial charge in [0, 0.05) is 6.54 Å². The Morgan fingerprint density at radius 2 is 1.94 bits per heavy atom. The van der Waals surface area contributed by atoms with Gasteiger partial charge in [-0.25, -0.2) is 9.18 Å². The Morgan fingerprint density at radius 3 is 2.53 bits per heavy atom. The molecule has 0 unspecified atom stereocenters. The Balaban J connectivity index is 2.30. The van der Waals surface area contributed by atoms with Crippen LogP contribution < -0.4 is 5.32 Å². The normalized spacial score (nSPS) is 9.76. The van der Waals surface area contributed by atoms with Gasteiger partial charge in [0.2, 0.25) is 0 Å². The van der Waals surface area contributed by atoms with Gasteiger partial charge in [0.05, 0.1) is 6.61 Å². The lowest BCUT2D eigenvalue weighted by atomic mass is 10.1. The van der Waals surface area contributed by atoms with Crippen molar-refractivity contribution >= 4 is 11.9 Å². The Hall–Kier alpha value is -1.91. The lowest BCUT2D eigenvalue weighted by Gasteiger charge is -2.04. The van der Waals surface area contributed by atoms with E-state index in [9.17, 15) is 14.0 Å². The van der Waals surface area contributed by atoms with E-state index < -0.39 is 11.9 Å². The maximum atomic E-state index is 12.6. The van der Waals surface area contributed by atoms with E-state index in [2.05, 4.69) is 10.1 Å². The summed E-state index contributed by atoms with van der Waals surface area (Å²) >= 11 is 0. The van der Waals surface area contributed by atoms with Crippen molar-refractivity contribution in [2.75, 3.05) is 13.2 Å². The highest BCUT2D eigenvalue weighted by molar-refractivity contribution is 6.32. The molecule has 5 heteroatoms. The summed E-state index contributed by atoms with van der Waals surface area (Å²) in [6.45, 7) is 2.11. The van der Waals surface area contributed by atoms with Gasteiger partial charge in [-0.05, 0) is 31.0 Å². The summed E-state index contributed by atoms with van der Waals surface area (Å²) in [7, 11) is 0. The molecule has 92 valence electrons. The van der Waals surface area contributed by atoms with Gasteiger partial charge in [-0.1, -0.05) is 12.1 Å². The summed E-state index contributed by atoms with van der Waals surface area (Å²) in [6, 6.07) is 5.96. The van der Waals surface area contributed by atoms with Crippen LogP contribution in [0.4, 0.5) is 4.39 Å². The van der Waals surface area contributed by atoms with Crippen LogP contribution in [0.5, 0.6) is 0 Å². The lowest BCUT2D eigenvalue weighted by Crippen LogP contribution is -2.33. The summed E-state index contributed by atoms with van der Waals surface area (Å²) in [4.78, 5) is 22.1. The van der Waals surface area contributed by atoms with Crippen LogP contribution in [-0.4, -0.2) is 25.0 Å². The molecule has 0 spiro atoms. The fourth-order valence-electron chi connectivity index (χ4n) is 1.24. The van der Waals surface area contributed by atoms with Gasteiger partial charge in [-0.3, -0.25) is 4.79 Å². The van der Waals surface area contributed by atoms with Crippen LogP contribution in [0.15, 0.2) is 24.3 Å². The minimum atomic E-state index is -0.883. The van der Waals surface area contributed by atoms with Gasteiger partial charge < -0.3 is 10.1 Å². The fraction of sp³-hybridized carbons (Fsp3) is 0.333. The Morgan fingerprint density at radius 1 is 1.29 bits per heavy atom. The van der Waals surface area contributed by atoms with Gasteiger partial charge in [0.15, 0.2) is 0 Å². The predicted octanol–water partition coefficient (Wildman–Crippen LogP) is 1.05. The van der Waals surface area contributed by atoms with Crippen molar-refractivity contribution < 1.29 is 18.7 Å². The van der Waals surface area contributed by atoms with Crippen LogP contribution in [-0.2, 0) is 20.7 Å². The van der Waals surface area contributed by atoms with Crippen LogP contribution in [0.3, 0.4) is 0 Å². The lowest BCUT2D eigenvalue weighted by molar-refractivity contribution is -0.154. The van der Waals surface area contributed by atoms with E-state index in [1.54, 1.807) is 19.1 Å². The monoisotopic (exact) mass is 239 g/mol. The van der Waals surface area contributed by atoms with Crippen LogP contribution >= 0.6 is 0 Å². The standard InChI is InChI=1S/C12H14FNO3/c1-2-17-12(16)11(15)14-8-7-9-3-5-10(13)6-4-9/h3-6H,2,7-8H2,1H3,(H,14,15). The molecule has 0 heterocycles. The van der Waals surface area contributed by atoms with Gasteiger partial charge in [0.1, 0.15) is 5.82 Å². The molecule has 0 atom stereocenters. The van der Waals surface area contributed by atoms with E-state index in [1.807, 2.05) is 0 Å². The Labute approximate surface area is 98.8 Å². The molecule has 1 aromatic carbocycles. The molecule has 1 N–H and O–H groups in total. The van der Waals surface area contributed by atoms with E-state index >= 15 is 0 Å². The Bertz CT molecular complexity index is 389. The van der Waals surface area contributed by atoms with Crippen molar-refractivity contribution in [1.82, 2.24) is 5.32 Å². The first-order valence-corrected chi connectivity index (χ1v) is 5.33. The highest BCUT2D eigenvalue weighted by Crippen LogP contribution is 2.02. The summed E-state index contributed by atoms with van der Waals surface area (Å²) in [5.74, 6) is -1.94. The number of rotatable bonds is 4. The molecule has 1 aromatic rings. The van der Waals surface area contributed by atoms with Crippen LogP contribution in [0.2, 0.25) is 0 Å². The molecule has 0 aliphatic heterocycles. The first-order valence-electron chi connectivity index (χ1n) is 5.33. The first-order chi connectivity index (χ1) is 8.13. The van der Waals surface area contributed by atoms with E-state index in [1.165, 1.54) is 12.1 Å². The van der Waals surface area contributed by atoms with E-state index in [-0.39, 0.29) is 12.4 Å². The number of nitrogens with one attached hydrogen (secondary N) is 1. The average Bonchev–Trinajstić information content (AvgIpc) is 2.32. The highest BCUT2D eigenvalue weighted by Gasteiger charge is 2.13. The quantitative estimate of drug-likeness (QED) is 0.631. The average molecular weight is 239 g/mol. The van der Waals surface area contributed by atoms with Crippen LogP contribution in [0.1, 0.15) is 12.5 Å². The van der Waals surface area contributed by atoms with Crippen molar-refractivity contribution in [2.45, 2.75) is 13.3 Å². The second-order valence-electron chi connectivity index (χ2n) is 3.35. The molecule has 0 saturated heterocycles. The molecule has 0 fully saturated rings. The van der Waals surface area contributed by atoms with Gasteiger partial charge in [-0.2, -0.15) is 0 Å². The molecule has 0 aromatic heterocycles. The number of hydrogen-bond acceptors (Lipinski definition) is 3. The van der Waals surface area contributed by atoms with Gasteiger partial charge in [0.25, 0.3) is 0 Å². The van der Waals surface area contributed by atoms with Crippen LogP contribution in [0.25, 0.3) is 0 Å². The third-order valence-corrected chi connectivity index (χ3v) is 2.07. The highest BCUT2D eigenvalue weighted by atomic mass is 19.1. The number of amides is 1. The molecule has 4 nitrogen and oxygen atoms in total. The minimum Gasteiger partial charge on any atom is -0.459 e. The van der Waals surface area contributed by atoms with Crippen LogP contribution in [0, 0.1) is 5.82 Å². The van der Waals surface area contributed by atoms with E-state index in [4.69, 9.17) is 0 Å². The Kier molecular flexibility index (Phi) is 5.13. The number of hydrogen-bond donors (Lipinski definition) is 1. The SMILES string of the molecule is CCOC(=O)C(=O)NCCc1ccc(F)cc1. The maximum absolute atomic E-state index is 12.6. The molecule has 0 bridgehead atoms. The zero-order valence-electron chi connectivity index (χ0n) is 9.53. The van der Waals surface area contributed by atoms with Crippen molar-refractivity contribution in [3.8, 4) is 0 Å². The number of carbonyl (C=O) groups excluding carboxylic acids is 2. The largest absolute Gasteiger partial charge is 0.459 e. The van der Waals surface area contributed by atoms with Crippen molar-refractivity contribution in [2.24, 2.45) is 0 Å². The second-order valence-corrected chi connectivity index (χ2v) is 3.35. The molecule has 17 heavy (non-hydrogen) atoms. The van der Waals surface area contributed by atoms with Crippen molar-refractivity contribution in [1.29, 1.82) is 0 Å². The maximum Gasteiger partial charge on any atom is 0.396 e. The zero-order chi connectivity index (χ0) is 12.7. The smallest absolute Gasteiger partial charge is 0.396 e. The first kappa shape index (κ1) is 13.2. The third kappa shape index (κ3) is 4.63. The summed E-state index contributed by atoms with van der Waals surface area (Å²) in [5, 5.41) is 2.42. The molecular weight excluding hydrogens is 225 g/mol. The summed E-state index contributed by atoms with van der Waals surface area (Å²) < 4.78 is 17.1. The number of ether oxygens (including phenoxy) is 1. The zero-order valence-corrected chi connectivity index (χ0v) is 9.53.